The Morgan fingerprint density at radius 1 is 1.22 bits per heavy atom. The molecule has 4 nitrogen and oxygen atoms in total. The molecular formula is C18H18FN3O. The predicted octanol–water partition coefficient (Wildman–Crippen LogP) is 1.77. The van der Waals surface area contributed by atoms with Crippen LogP contribution in [0.25, 0.3) is 28.9 Å². The van der Waals surface area contributed by atoms with Gasteiger partial charge in [-0.1, -0.05) is 18.2 Å². The van der Waals surface area contributed by atoms with E-state index in [1.54, 1.807) is 41.4 Å². The number of rotatable bonds is 1. The van der Waals surface area contributed by atoms with Gasteiger partial charge in [0.25, 0.3) is 0 Å². The van der Waals surface area contributed by atoms with Crippen LogP contribution in [0.3, 0.4) is 0 Å². The Kier molecular flexibility index (Phi) is 3.64. The number of hydrogen-bond donors (Lipinski definition) is 0. The summed E-state index contributed by atoms with van der Waals surface area (Å²) in [5.74, 6) is -0.329. The van der Waals surface area contributed by atoms with Crippen LogP contribution in [0.4, 0.5) is 4.39 Å². The van der Waals surface area contributed by atoms with E-state index in [9.17, 15) is 9.18 Å². The second-order valence-electron chi connectivity index (χ2n) is 5.43. The third kappa shape index (κ3) is 2.11. The summed E-state index contributed by atoms with van der Waals surface area (Å²) in [4.78, 5) is 17.2. The first kappa shape index (κ1) is 15.2. The van der Waals surface area contributed by atoms with E-state index < -0.39 is 0 Å². The van der Waals surface area contributed by atoms with Gasteiger partial charge in [-0.3, -0.25) is 14.1 Å². The number of imidazole rings is 1. The van der Waals surface area contributed by atoms with Crippen LogP contribution in [-0.2, 0) is 7.05 Å². The van der Waals surface area contributed by atoms with Crippen molar-refractivity contribution in [1.29, 1.82) is 0 Å². The maximum atomic E-state index is 14.0. The lowest BCUT2D eigenvalue weighted by Crippen LogP contribution is -2.30. The second kappa shape index (κ2) is 5.50. The lowest BCUT2D eigenvalue weighted by atomic mass is 10.1. The van der Waals surface area contributed by atoms with Gasteiger partial charge in [0.1, 0.15) is 5.82 Å². The summed E-state index contributed by atoms with van der Waals surface area (Å²) < 4.78 is 17.1. The van der Waals surface area contributed by atoms with E-state index in [-0.39, 0.29) is 11.5 Å². The monoisotopic (exact) mass is 311 g/mol. The molecule has 0 aliphatic heterocycles. The largest absolute Gasteiger partial charge is 0.333 e. The SMILES string of the molecule is CC=c1ncc2c(c1=CC)n(-c1cccc(F)c1C)c(=O)n2C. The zero-order valence-corrected chi connectivity index (χ0v) is 13.6. The molecular weight excluding hydrogens is 293 g/mol. The average molecular weight is 311 g/mol. The summed E-state index contributed by atoms with van der Waals surface area (Å²) in [5.41, 5.74) is 2.25. The van der Waals surface area contributed by atoms with Crippen molar-refractivity contribution >= 4 is 23.2 Å². The molecule has 0 bridgehead atoms. The first-order valence-electron chi connectivity index (χ1n) is 7.45. The maximum Gasteiger partial charge on any atom is 0.333 e. The van der Waals surface area contributed by atoms with E-state index in [0.29, 0.717) is 11.3 Å². The quantitative estimate of drug-likeness (QED) is 0.687. The van der Waals surface area contributed by atoms with Crippen LogP contribution in [0, 0.1) is 12.7 Å². The lowest BCUT2D eigenvalue weighted by Gasteiger charge is -2.08. The van der Waals surface area contributed by atoms with Crippen molar-refractivity contribution in [3.8, 4) is 5.69 Å². The highest BCUT2D eigenvalue weighted by Gasteiger charge is 2.16. The molecule has 0 unspecified atom stereocenters. The van der Waals surface area contributed by atoms with Crippen LogP contribution in [0.1, 0.15) is 19.4 Å². The normalized spacial score (nSPS) is 13.3. The molecule has 118 valence electrons. The topological polar surface area (TPSA) is 39.8 Å². The van der Waals surface area contributed by atoms with E-state index in [1.807, 2.05) is 26.0 Å². The van der Waals surface area contributed by atoms with E-state index in [1.165, 1.54) is 6.07 Å². The van der Waals surface area contributed by atoms with Gasteiger partial charge >= 0.3 is 5.69 Å². The molecule has 0 spiro atoms. The summed E-state index contributed by atoms with van der Waals surface area (Å²) in [5, 5.41) is 1.67. The van der Waals surface area contributed by atoms with E-state index in [4.69, 9.17) is 0 Å². The molecule has 0 saturated heterocycles. The zero-order chi connectivity index (χ0) is 16.7. The predicted molar refractivity (Wildman–Crippen MR) is 90.5 cm³/mol. The van der Waals surface area contributed by atoms with Gasteiger partial charge < -0.3 is 0 Å². The summed E-state index contributed by atoms with van der Waals surface area (Å²) in [6, 6.07) is 4.77. The number of aryl methyl sites for hydroxylation is 1. The van der Waals surface area contributed by atoms with Crippen molar-refractivity contribution in [2.45, 2.75) is 20.8 Å². The number of hydrogen-bond acceptors (Lipinski definition) is 2. The molecule has 3 rings (SSSR count). The van der Waals surface area contributed by atoms with Gasteiger partial charge in [0, 0.05) is 17.8 Å². The molecule has 1 aromatic carbocycles. The van der Waals surface area contributed by atoms with Gasteiger partial charge in [-0.05, 0) is 32.9 Å². The first-order valence-corrected chi connectivity index (χ1v) is 7.45. The Morgan fingerprint density at radius 3 is 2.61 bits per heavy atom. The molecule has 3 aromatic rings. The summed E-state index contributed by atoms with van der Waals surface area (Å²) >= 11 is 0. The molecule has 0 aliphatic carbocycles. The van der Waals surface area contributed by atoms with E-state index >= 15 is 0 Å². The number of nitrogens with zero attached hydrogens (tertiary/aromatic N) is 3. The second-order valence-corrected chi connectivity index (χ2v) is 5.43. The fourth-order valence-corrected chi connectivity index (χ4v) is 2.93. The van der Waals surface area contributed by atoms with Crippen molar-refractivity contribution < 1.29 is 4.39 Å². The van der Waals surface area contributed by atoms with Crippen LogP contribution in [0.15, 0.2) is 29.2 Å². The third-order valence-electron chi connectivity index (χ3n) is 4.20. The van der Waals surface area contributed by atoms with Crippen LogP contribution in [-0.4, -0.2) is 14.1 Å². The fourth-order valence-electron chi connectivity index (χ4n) is 2.93. The van der Waals surface area contributed by atoms with Gasteiger partial charge in [-0.25, -0.2) is 9.18 Å². The Hall–Kier alpha value is -2.69. The average Bonchev–Trinajstić information content (AvgIpc) is 2.81. The van der Waals surface area contributed by atoms with E-state index in [0.717, 1.165) is 21.6 Å². The summed E-state index contributed by atoms with van der Waals surface area (Å²) in [7, 11) is 1.70. The van der Waals surface area contributed by atoms with Crippen LogP contribution in [0.2, 0.25) is 0 Å². The molecule has 23 heavy (non-hydrogen) atoms. The Bertz CT molecular complexity index is 1090. The molecule has 0 N–H and O–H groups in total. The van der Waals surface area contributed by atoms with Crippen LogP contribution >= 0.6 is 0 Å². The zero-order valence-electron chi connectivity index (χ0n) is 13.6. The lowest BCUT2D eigenvalue weighted by molar-refractivity contribution is 0.616. The van der Waals surface area contributed by atoms with Crippen molar-refractivity contribution in [1.82, 2.24) is 14.1 Å². The number of halogens is 1. The molecule has 2 heterocycles. The standard InChI is InChI=1S/C18H18FN3O/c1-5-12-14(6-2)20-10-16-17(12)22(18(23)21(16)4)15-9-7-8-13(19)11(15)3/h5-10H,1-4H3. The highest BCUT2D eigenvalue weighted by molar-refractivity contribution is 5.79. The Balaban J connectivity index is 2.64. The number of fused-ring (bicyclic) bond motifs is 1. The minimum atomic E-state index is -0.329. The summed E-state index contributed by atoms with van der Waals surface area (Å²) in [6.45, 7) is 5.49. The van der Waals surface area contributed by atoms with Crippen LogP contribution < -0.4 is 16.3 Å². The number of benzene rings is 1. The van der Waals surface area contributed by atoms with Crippen molar-refractivity contribution in [3.05, 3.63) is 56.8 Å². The number of aromatic nitrogens is 3. The summed E-state index contributed by atoms with van der Waals surface area (Å²) in [6.07, 6.45) is 5.51. The minimum Gasteiger partial charge on any atom is -0.293 e. The van der Waals surface area contributed by atoms with Crippen molar-refractivity contribution in [3.63, 3.8) is 0 Å². The third-order valence-corrected chi connectivity index (χ3v) is 4.20. The molecule has 0 saturated carbocycles. The molecule has 0 amide bonds. The van der Waals surface area contributed by atoms with Gasteiger partial charge in [-0.2, -0.15) is 0 Å². The Morgan fingerprint density at radius 2 is 1.96 bits per heavy atom. The molecule has 5 heteroatoms. The highest BCUT2D eigenvalue weighted by atomic mass is 19.1. The van der Waals surface area contributed by atoms with Crippen molar-refractivity contribution in [2.75, 3.05) is 0 Å². The molecule has 0 atom stereocenters. The Labute approximate surface area is 132 Å². The van der Waals surface area contributed by atoms with Gasteiger partial charge in [0.15, 0.2) is 0 Å². The first-order chi connectivity index (χ1) is 11.0. The van der Waals surface area contributed by atoms with Gasteiger partial charge in [-0.15, -0.1) is 0 Å². The minimum absolute atomic E-state index is 0.216. The fraction of sp³-hybridized carbons (Fsp3) is 0.222. The van der Waals surface area contributed by atoms with Gasteiger partial charge in [0.2, 0.25) is 0 Å². The van der Waals surface area contributed by atoms with Crippen molar-refractivity contribution in [2.24, 2.45) is 7.05 Å². The van der Waals surface area contributed by atoms with Gasteiger partial charge in [0.05, 0.1) is 28.3 Å². The van der Waals surface area contributed by atoms with Crippen LogP contribution in [0.5, 0.6) is 0 Å². The number of pyridine rings is 1. The molecule has 0 aliphatic rings. The smallest absolute Gasteiger partial charge is 0.293 e. The highest BCUT2D eigenvalue weighted by Crippen LogP contribution is 2.18. The molecule has 0 radical (unpaired) electrons. The molecule has 0 fully saturated rings. The van der Waals surface area contributed by atoms with E-state index in [2.05, 4.69) is 4.98 Å². The molecule has 2 aromatic heterocycles. The maximum absolute atomic E-state index is 14.0.